The summed E-state index contributed by atoms with van der Waals surface area (Å²) < 4.78 is 0. The highest BCUT2D eigenvalue weighted by Gasteiger charge is 2.18. The Morgan fingerprint density at radius 3 is 2.75 bits per heavy atom. The van der Waals surface area contributed by atoms with E-state index < -0.39 is 0 Å². The lowest BCUT2D eigenvalue weighted by atomic mass is 10.1. The number of hydrogen-bond donors (Lipinski definition) is 2. The number of rotatable bonds is 5. The highest BCUT2D eigenvalue weighted by Crippen LogP contribution is 2.26. The fraction of sp³-hybridized carbons (Fsp3) is 0.571. The lowest BCUT2D eigenvalue weighted by Crippen LogP contribution is -2.35. The van der Waals surface area contributed by atoms with Gasteiger partial charge in [0, 0.05) is 32.2 Å². The summed E-state index contributed by atoms with van der Waals surface area (Å²) in [5.74, 6) is 0. The number of anilines is 1. The first-order chi connectivity index (χ1) is 9.60. The van der Waals surface area contributed by atoms with Crippen LogP contribution in [0, 0.1) is 10.1 Å². The van der Waals surface area contributed by atoms with Gasteiger partial charge < -0.3 is 10.4 Å². The number of nitrogens with zero attached hydrogens (tertiary/aromatic N) is 2. The molecule has 0 amide bonds. The number of nitrogens with one attached hydrogen (secondary N) is 1. The quantitative estimate of drug-likeness (QED) is 0.636. The van der Waals surface area contributed by atoms with E-state index in [9.17, 15) is 15.2 Å². The van der Waals surface area contributed by atoms with Gasteiger partial charge in [0.2, 0.25) is 0 Å². The van der Waals surface area contributed by atoms with E-state index in [-0.39, 0.29) is 16.7 Å². The Kier molecular flexibility index (Phi) is 4.92. The summed E-state index contributed by atoms with van der Waals surface area (Å²) in [6, 6.07) is 5.22. The fourth-order valence-electron chi connectivity index (χ4n) is 2.51. The Bertz CT molecular complexity index is 471. The van der Waals surface area contributed by atoms with Gasteiger partial charge in [-0.15, -0.1) is 0 Å². The van der Waals surface area contributed by atoms with E-state index in [0.717, 1.165) is 38.0 Å². The average molecular weight is 279 g/mol. The molecule has 1 aromatic rings. The maximum absolute atomic E-state index is 11.0. The third kappa shape index (κ3) is 3.68. The average Bonchev–Trinajstić information content (AvgIpc) is 2.42. The van der Waals surface area contributed by atoms with Crippen LogP contribution in [0.1, 0.15) is 25.3 Å². The fourth-order valence-corrected chi connectivity index (χ4v) is 2.51. The Hall–Kier alpha value is -1.66. The zero-order valence-corrected chi connectivity index (χ0v) is 11.7. The lowest BCUT2D eigenvalue weighted by Gasteiger charge is -2.29. The number of nitro benzene ring substituents is 1. The summed E-state index contributed by atoms with van der Waals surface area (Å²) in [7, 11) is 0. The molecule has 20 heavy (non-hydrogen) atoms. The standard InChI is InChI=1S/C14H21N3O3/c1-2-15-13-9-11(3-4-14(13)17(19)20)10-16-7-5-12(18)6-8-16/h3-4,9,12,15,18H,2,5-8,10H2,1H3. The Balaban J connectivity index is 2.08. The van der Waals surface area contributed by atoms with Crippen molar-refractivity contribution in [2.45, 2.75) is 32.4 Å². The van der Waals surface area contributed by atoms with Gasteiger partial charge in [0.25, 0.3) is 5.69 Å². The summed E-state index contributed by atoms with van der Waals surface area (Å²) in [5, 5.41) is 23.5. The van der Waals surface area contributed by atoms with Crippen LogP contribution in [0.15, 0.2) is 18.2 Å². The molecule has 0 saturated carbocycles. The maximum Gasteiger partial charge on any atom is 0.292 e. The largest absolute Gasteiger partial charge is 0.393 e. The molecular weight excluding hydrogens is 258 g/mol. The second-order valence-corrected chi connectivity index (χ2v) is 5.15. The van der Waals surface area contributed by atoms with Crippen molar-refractivity contribution < 1.29 is 10.0 Å². The molecule has 1 aliphatic heterocycles. The molecule has 110 valence electrons. The molecule has 0 atom stereocenters. The van der Waals surface area contributed by atoms with E-state index in [4.69, 9.17) is 0 Å². The van der Waals surface area contributed by atoms with Gasteiger partial charge in [0.15, 0.2) is 0 Å². The highest BCUT2D eigenvalue weighted by atomic mass is 16.6. The van der Waals surface area contributed by atoms with Gasteiger partial charge in [-0.3, -0.25) is 15.0 Å². The molecule has 1 aromatic carbocycles. The van der Waals surface area contributed by atoms with Gasteiger partial charge in [-0.05, 0) is 31.4 Å². The maximum atomic E-state index is 11.0. The summed E-state index contributed by atoms with van der Waals surface area (Å²) >= 11 is 0. The van der Waals surface area contributed by atoms with Crippen molar-refractivity contribution in [1.29, 1.82) is 0 Å². The molecule has 0 radical (unpaired) electrons. The van der Waals surface area contributed by atoms with Crippen LogP contribution < -0.4 is 5.32 Å². The summed E-state index contributed by atoms with van der Waals surface area (Å²) in [6.45, 7) is 5.08. The van der Waals surface area contributed by atoms with Crippen LogP contribution in [0.5, 0.6) is 0 Å². The zero-order chi connectivity index (χ0) is 14.5. The number of piperidine rings is 1. The normalized spacial score (nSPS) is 17.1. The van der Waals surface area contributed by atoms with E-state index in [2.05, 4.69) is 10.2 Å². The molecule has 6 nitrogen and oxygen atoms in total. The molecule has 0 aliphatic carbocycles. The van der Waals surface area contributed by atoms with Crippen LogP contribution >= 0.6 is 0 Å². The predicted octanol–water partition coefficient (Wildman–Crippen LogP) is 1.98. The van der Waals surface area contributed by atoms with Crippen molar-refractivity contribution >= 4 is 11.4 Å². The topological polar surface area (TPSA) is 78.6 Å². The first kappa shape index (κ1) is 14.7. The minimum Gasteiger partial charge on any atom is -0.393 e. The smallest absolute Gasteiger partial charge is 0.292 e. The number of nitro groups is 1. The first-order valence-corrected chi connectivity index (χ1v) is 7.01. The Morgan fingerprint density at radius 2 is 2.15 bits per heavy atom. The molecule has 2 N–H and O–H groups in total. The van der Waals surface area contributed by atoms with Crippen molar-refractivity contribution in [3.05, 3.63) is 33.9 Å². The highest BCUT2D eigenvalue weighted by molar-refractivity contribution is 5.62. The van der Waals surface area contributed by atoms with E-state index >= 15 is 0 Å². The van der Waals surface area contributed by atoms with Crippen molar-refractivity contribution in [2.24, 2.45) is 0 Å². The van der Waals surface area contributed by atoms with Crippen molar-refractivity contribution in [1.82, 2.24) is 4.90 Å². The number of likely N-dealkylation sites (tertiary alicyclic amines) is 1. The van der Waals surface area contributed by atoms with Gasteiger partial charge in [0.1, 0.15) is 5.69 Å². The van der Waals surface area contributed by atoms with Crippen LogP contribution in [0.25, 0.3) is 0 Å². The molecule has 2 rings (SSSR count). The van der Waals surface area contributed by atoms with Crippen LogP contribution in [0.3, 0.4) is 0 Å². The Labute approximate surface area is 118 Å². The molecular formula is C14H21N3O3. The van der Waals surface area contributed by atoms with Gasteiger partial charge in [-0.25, -0.2) is 0 Å². The summed E-state index contributed by atoms with van der Waals surface area (Å²) in [6.07, 6.45) is 1.42. The number of aliphatic hydroxyl groups excluding tert-OH is 1. The molecule has 1 heterocycles. The molecule has 0 aromatic heterocycles. The van der Waals surface area contributed by atoms with E-state index in [1.807, 2.05) is 19.1 Å². The van der Waals surface area contributed by atoms with Crippen LogP contribution in [-0.4, -0.2) is 40.7 Å². The van der Waals surface area contributed by atoms with E-state index in [1.54, 1.807) is 6.07 Å². The van der Waals surface area contributed by atoms with Gasteiger partial charge in [-0.1, -0.05) is 6.07 Å². The van der Waals surface area contributed by atoms with Gasteiger partial charge in [0.05, 0.1) is 11.0 Å². The number of benzene rings is 1. The van der Waals surface area contributed by atoms with Crippen molar-refractivity contribution in [2.75, 3.05) is 25.0 Å². The van der Waals surface area contributed by atoms with Crippen LogP contribution in [0.4, 0.5) is 11.4 Å². The molecule has 1 saturated heterocycles. The van der Waals surface area contributed by atoms with Crippen LogP contribution in [-0.2, 0) is 6.54 Å². The molecule has 0 spiro atoms. The number of hydrogen-bond acceptors (Lipinski definition) is 5. The summed E-state index contributed by atoms with van der Waals surface area (Å²) in [5.41, 5.74) is 1.75. The molecule has 1 fully saturated rings. The molecule has 0 bridgehead atoms. The third-order valence-electron chi connectivity index (χ3n) is 3.59. The minimum absolute atomic E-state index is 0.115. The second-order valence-electron chi connectivity index (χ2n) is 5.15. The van der Waals surface area contributed by atoms with Crippen molar-refractivity contribution in [3.63, 3.8) is 0 Å². The lowest BCUT2D eigenvalue weighted by molar-refractivity contribution is -0.384. The monoisotopic (exact) mass is 279 g/mol. The molecule has 0 unspecified atom stereocenters. The van der Waals surface area contributed by atoms with Gasteiger partial charge >= 0.3 is 0 Å². The van der Waals surface area contributed by atoms with Gasteiger partial charge in [-0.2, -0.15) is 0 Å². The summed E-state index contributed by atoms with van der Waals surface area (Å²) in [4.78, 5) is 12.9. The molecule has 1 aliphatic rings. The van der Waals surface area contributed by atoms with E-state index in [1.165, 1.54) is 0 Å². The zero-order valence-electron chi connectivity index (χ0n) is 11.7. The Morgan fingerprint density at radius 1 is 1.45 bits per heavy atom. The first-order valence-electron chi connectivity index (χ1n) is 7.01. The molecule has 6 heteroatoms. The SMILES string of the molecule is CCNc1cc(CN2CCC(O)CC2)ccc1[N+](=O)[O-]. The van der Waals surface area contributed by atoms with Crippen molar-refractivity contribution in [3.8, 4) is 0 Å². The second kappa shape index (κ2) is 6.67. The van der Waals surface area contributed by atoms with E-state index in [0.29, 0.717) is 12.2 Å². The predicted molar refractivity (Wildman–Crippen MR) is 77.8 cm³/mol. The van der Waals surface area contributed by atoms with Crippen LogP contribution in [0.2, 0.25) is 0 Å². The minimum atomic E-state index is -0.362. The number of aliphatic hydroxyl groups is 1. The third-order valence-corrected chi connectivity index (χ3v) is 3.59.